The van der Waals surface area contributed by atoms with Crippen LogP contribution in [-0.4, -0.2) is 22.4 Å². The minimum atomic E-state index is -0.215. The van der Waals surface area contributed by atoms with Crippen molar-refractivity contribution in [2.24, 2.45) is 0 Å². The highest BCUT2D eigenvalue weighted by Crippen LogP contribution is 2.39. The molecular formula is C20H19N3O3S. The summed E-state index contributed by atoms with van der Waals surface area (Å²) in [5, 5.41) is 3.38. The van der Waals surface area contributed by atoms with Gasteiger partial charge in [0.25, 0.3) is 5.91 Å². The Morgan fingerprint density at radius 3 is 2.67 bits per heavy atom. The maximum absolute atomic E-state index is 12.7. The predicted molar refractivity (Wildman–Crippen MR) is 104 cm³/mol. The molecule has 1 aliphatic rings. The number of benzene rings is 2. The molecular weight excluding hydrogens is 362 g/mol. The fourth-order valence-corrected chi connectivity index (χ4v) is 3.36. The van der Waals surface area contributed by atoms with Gasteiger partial charge in [-0.2, -0.15) is 4.37 Å². The van der Waals surface area contributed by atoms with Gasteiger partial charge in [-0.3, -0.25) is 10.1 Å². The number of hydrogen-bond donors (Lipinski definition) is 1. The number of para-hydroxylation sites is 2. The molecule has 27 heavy (non-hydrogen) atoms. The van der Waals surface area contributed by atoms with E-state index in [1.807, 2.05) is 42.5 Å². The van der Waals surface area contributed by atoms with Crippen molar-refractivity contribution >= 4 is 22.6 Å². The van der Waals surface area contributed by atoms with Crippen LogP contribution < -0.4 is 14.8 Å². The molecule has 0 radical (unpaired) electrons. The second kappa shape index (κ2) is 7.75. The lowest BCUT2D eigenvalue weighted by atomic mass is 10.1. The number of carbonyl (C=O) groups is 1. The third-order valence-corrected chi connectivity index (χ3v) is 4.96. The van der Waals surface area contributed by atoms with Crippen LogP contribution in [0.1, 0.15) is 40.5 Å². The molecule has 1 fully saturated rings. The summed E-state index contributed by atoms with van der Waals surface area (Å²) in [4.78, 5) is 17.1. The lowest BCUT2D eigenvalue weighted by Crippen LogP contribution is -2.15. The Bertz CT molecular complexity index is 953. The molecule has 6 nitrogen and oxygen atoms in total. The lowest BCUT2D eigenvalue weighted by Gasteiger charge is -2.12. The maximum Gasteiger partial charge on any atom is 0.257 e. The molecule has 0 spiro atoms. The second-order valence-electron chi connectivity index (χ2n) is 6.28. The van der Waals surface area contributed by atoms with E-state index in [1.54, 1.807) is 13.2 Å². The van der Waals surface area contributed by atoms with Crippen LogP contribution in [0.25, 0.3) is 0 Å². The minimum Gasteiger partial charge on any atom is -0.493 e. The van der Waals surface area contributed by atoms with E-state index in [0.29, 0.717) is 28.1 Å². The van der Waals surface area contributed by atoms with Gasteiger partial charge in [0.1, 0.15) is 12.4 Å². The van der Waals surface area contributed by atoms with Crippen molar-refractivity contribution < 1.29 is 14.3 Å². The van der Waals surface area contributed by atoms with Crippen molar-refractivity contribution in [1.82, 2.24) is 9.36 Å². The SMILES string of the molecule is COc1ccccc1OCc1ccccc1C(=O)Nc1nc(C2CC2)ns1. The standard InChI is InChI=1S/C20H19N3O3S/c1-25-16-8-4-5-9-17(16)26-12-14-6-2-3-7-15(14)19(24)22-20-21-18(23-27-20)13-10-11-13/h2-9,13H,10-12H2,1H3,(H,21,22,23,24). The van der Waals surface area contributed by atoms with E-state index < -0.39 is 0 Å². The molecule has 1 heterocycles. The van der Waals surface area contributed by atoms with E-state index in [9.17, 15) is 4.79 Å². The minimum absolute atomic E-state index is 0.215. The molecule has 2 aromatic carbocycles. The smallest absolute Gasteiger partial charge is 0.257 e. The van der Waals surface area contributed by atoms with E-state index >= 15 is 0 Å². The normalized spacial score (nSPS) is 13.2. The highest BCUT2D eigenvalue weighted by Gasteiger charge is 2.28. The Morgan fingerprint density at radius 1 is 1.15 bits per heavy atom. The number of rotatable bonds is 7. The Kier molecular flexibility index (Phi) is 5.02. The van der Waals surface area contributed by atoms with Gasteiger partial charge in [-0.15, -0.1) is 0 Å². The molecule has 1 saturated carbocycles. The van der Waals surface area contributed by atoms with Gasteiger partial charge in [-0.25, -0.2) is 4.98 Å². The molecule has 1 aromatic heterocycles. The van der Waals surface area contributed by atoms with Crippen LogP contribution in [-0.2, 0) is 6.61 Å². The molecule has 138 valence electrons. The van der Waals surface area contributed by atoms with Crippen molar-refractivity contribution in [2.75, 3.05) is 12.4 Å². The Hall–Kier alpha value is -2.93. The largest absolute Gasteiger partial charge is 0.493 e. The number of anilines is 1. The fraction of sp³-hybridized carbons (Fsp3) is 0.250. The number of methoxy groups -OCH3 is 1. The molecule has 7 heteroatoms. The van der Waals surface area contributed by atoms with E-state index in [2.05, 4.69) is 14.7 Å². The molecule has 1 aliphatic carbocycles. The zero-order valence-electron chi connectivity index (χ0n) is 14.8. The summed E-state index contributed by atoms with van der Waals surface area (Å²) in [6.45, 7) is 0.257. The first-order valence-corrected chi connectivity index (χ1v) is 9.50. The third-order valence-electron chi connectivity index (χ3n) is 4.32. The molecule has 1 amide bonds. The Labute approximate surface area is 161 Å². The van der Waals surface area contributed by atoms with Crippen LogP contribution in [0.5, 0.6) is 11.5 Å². The quantitative estimate of drug-likeness (QED) is 0.662. The van der Waals surface area contributed by atoms with E-state index in [-0.39, 0.29) is 12.5 Å². The van der Waals surface area contributed by atoms with E-state index in [4.69, 9.17) is 9.47 Å². The van der Waals surface area contributed by atoms with Gasteiger partial charge >= 0.3 is 0 Å². The van der Waals surface area contributed by atoms with Gasteiger partial charge in [0.15, 0.2) is 11.5 Å². The molecule has 0 unspecified atom stereocenters. The van der Waals surface area contributed by atoms with Crippen molar-refractivity contribution in [3.63, 3.8) is 0 Å². The van der Waals surface area contributed by atoms with Gasteiger partial charge in [-0.05, 0) is 31.0 Å². The molecule has 0 saturated heterocycles. The van der Waals surface area contributed by atoms with Crippen molar-refractivity contribution in [3.05, 3.63) is 65.5 Å². The number of aromatic nitrogens is 2. The van der Waals surface area contributed by atoms with Crippen molar-refractivity contribution in [1.29, 1.82) is 0 Å². The summed E-state index contributed by atoms with van der Waals surface area (Å²) in [5.74, 6) is 2.37. The predicted octanol–water partition coefficient (Wildman–Crippen LogP) is 4.26. The van der Waals surface area contributed by atoms with Gasteiger partial charge in [0, 0.05) is 28.6 Å². The average molecular weight is 381 g/mol. The second-order valence-corrected chi connectivity index (χ2v) is 7.03. The topological polar surface area (TPSA) is 73.3 Å². The summed E-state index contributed by atoms with van der Waals surface area (Å²) in [6.07, 6.45) is 2.26. The number of ether oxygens (including phenoxy) is 2. The number of amides is 1. The summed E-state index contributed by atoms with van der Waals surface area (Å²) in [5.41, 5.74) is 1.34. The van der Waals surface area contributed by atoms with Crippen LogP contribution in [0.2, 0.25) is 0 Å². The third kappa shape index (κ3) is 4.09. The fourth-order valence-electron chi connectivity index (χ4n) is 2.72. The Balaban J connectivity index is 1.47. The van der Waals surface area contributed by atoms with Crippen LogP contribution >= 0.6 is 11.5 Å². The van der Waals surface area contributed by atoms with Crippen molar-refractivity contribution in [2.45, 2.75) is 25.4 Å². The van der Waals surface area contributed by atoms with Crippen molar-refractivity contribution in [3.8, 4) is 11.5 Å². The molecule has 0 atom stereocenters. The van der Waals surface area contributed by atoms with Crippen LogP contribution in [0, 0.1) is 0 Å². The number of nitrogens with zero attached hydrogens (tertiary/aromatic N) is 2. The van der Waals surface area contributed by atoms with Crippen LogP contribution in [0.15, 0.2) is 48.5 Å². The Morgan fingerprint density at radius 2 is 1.89 bits per heavy atom. The lowest BCUT2D eigenvalue weighted by molar-refractivity contribution is 0.102. The summed E-state index contributed by atoms with van der Waals surface area (Å²) in [7, 11) is 1.60. The molecule has 0 aliphatic heterocycles. The summed E-state index contributed by atoms with van der Waals surface area (Å²) >= 11 is 1.22. The maximum atomic E-state index is 12.7. The van der Waals surface area contributed by atoms with E-state index in [0.717, 1.165) is 24.2 Å². The monoisotopic (exact) mass is 381 g/mol. The number of nitrogens with one attached hydrogen (secondary N) is 1. The van der Waals surface area contributed by atoms with Crippen LogP contribution in [0.3, 0.4) is 0 Å². The average Bonchev–Trinajstić information content (AvgIpc) is 3.46. The first-order chi connectivity index (χ1) is 13.2. The van der Waals surface area contributed by atoms with Crippen LogP contribution in [0.4, 0.5) is 5.13 Å². The molecule has 1 N–H and O–H groups in total. The van der Waals surface area contributed by atoms with Gasteiger partial charge in [0.05, 0.1) is 7.11 Å². The highest BCUT2D eigenvalue weighted by molar-refractivity contribution is 7.09. The molecule has 4 rings (SSSR count). The zero-order chi connectivity index (χ0) is 18.6. The van der Waals surface area contributed by atoms with Gasteiger partial charge in [0.2, 0.25) is 5.13 Å². The van der Waals surface area contributed by atoms with E-state index in [1.165, 1.54) is 11.5 Å². The summed E-state index contributed by atoms with van der Waals surface area (Å²) < 4.78 is 15.5. The first-order valence-electron chi connectivity index (χ1n) is 8.73. The first kappa shape index (κ1) is 17.5. The zero-order valence-corrected chi connectivity index (χ0v) is 15.7. The van der Waals surface area contributed by atoms with Gasteiger partial charge < -0.3 is 9.47 Å². The summed E-state index contributed by atoms with van der Waals surface area (Å²) in [6, 6.07) is 14.8. The van der Waals surface area contributed by atoms with Gasteiger partial charge in [-0.1, -0.05) is 30.3 Å². The molecule has 0 bridgehead atoms. The number of hydrogen-bond acceptors (Lipinski definition) is 6. The highest BCUT2D eigenvalue weighted by atomic mass is 32.1. The molecule has 3 aromatic rings. The number of carbonyl (C=O) groups excluding carboxylic acids is 1.